The fourth-order valence-electron chi connectivity index (χ4n) is 1.67. The molecule has 0 aliphatic rings. The van der Waals surface area contributed by atoms with E-state index in [0.29, 0.717) is 0 Å². The first-order chi connectivity index (χ1) is 7.15. The van der Waals surface area contributed by atoms with E-state index in [1.54, 1.807) is 0 Å². The molecule has 1 rings (SSSR count). The van der Waals surface area contributed by atoms with Crippen LogP contribution in [0.3, 0.4) is 0 Å². The molecule has 0 bridgehead atoms. The Hall–Kier alpha value is -1.25. The fourth-order valence-corrected chi connectivity index (χ4v) is 1.67. The van der Waals surface area contributed by atoms with Crippen molar-refractivity contribution in [3.63, 3.8) is 0 Å². The van der Waals surface area contributed by atoms with Gasteiger partial charge in [-0.2, -0.15) is 4.73 Å². The summed E-state index contributed by atoms with van der Waals surface area (Å²) in [6.45, 7) is 4.03. The highest BCUT2D eigenvalue weighted by Gasteiger charge is 2.03. The molecule has 0 saturated heterocycles. The first-order valence-corrected chi connectivity index (χ1v) is 5.57. The molecule has 0 spiro atoms. The summed E-state index contributed by atoms with van der Waals surface area (Å²) >= 11 is 0. The summed E-state index contributed by atoms with van der Waals surface area (Å²) in [5.41, 5.74) is 1.30. The van der Waals surface area contributed by atoms with Gasteiger partial charge in [-0.05, 0) is 31.4 Å². The summed E-state index contributed by atoms with van der Waals surface area (Å²) in [6, 6.07) is 3.31. The zero-order chi connectivity index (χ0) is 11.3. The molecule has 0 aliphatic heterocycles. The van der Waals surface area contributed by atoms with E-state index in [0.717, 1.165) is 35.3 Å². The third-order valence-corrected chi connectivity index (χ3v) is 2.51. The minimum atomic E-state index is -0.333. The first-order valence-electron chi connectivity index (χ1n) is 5.57. The molecule has 1 N–H and O–H groups in total. The van der Waals surface area contributed by atoms with Crippen LogP contribution in [-0.2, 0) is 6.42 Å². The van der Waals surface area contributed by atoms with Crippen molar-refractivity contribution in [2.75, 3.05) is 0 Å². The minimum Gasteiger partial charge on any atom is -0.425 e. The summed E-state index contributed by atoms with van der Waals surface area (Å²) in [6.07, 6.45) is 5.35. The van der Waals surface area contributed by atoms with Crippen LogP contribution in [0.2, 0.25) is 0 Å². The second kappa shape index (κ2) is 5.59. The second-order valence-corrected chi connectivity index (χ2v) is 3.98. The summed E-state index contributed by atoms with van der Waals surface area (Å²) in [5, 5.41) is 9.48. The van der Waals surface area contributed by atoms with Crippen molar-refractivity contribution < 1.29 is 5.21 Å². The highest BCUT2D eigenvalue weighted by molar-refractivity contribution is 5.15. The Morgan fingerprint density at radius 1 is 1.27 bits per heavy atom. The highest BCUT2D eigenvalue weighted by Crippen LogP contribution is 2.07. The first kappa shape index (κ1) is 11.8. The summed E-state index contributed by atoms with van der Waals surface area (Å²) in [7, 11) is 0. The van der Waals surface area contributed by atoms with Crippen molar-refractivity contribution in [2.45, 2.75) is 46.0 Å². The molecule has 0 aliphatic carbocycles. The minimum absolute atomic E-state index is 0.333. The molecule has 0 fully saturated rings. The predicted octanol–water partition coefficient (Wildman–Crippen LogP) is 2.52. The van der Waals surface area contributed by atoms with Crippen LogP contribution in [0.5, 0.6) is 0 Å². The van der Waals surface area contributed by atoms with Crippen molar-refractivity contribution in [1.82, 2.24) is 4.73 Å². The van der Waals surface area contributed by atoms with E-state index in [9.17, 15) is 10.0 Å². The fraction of sp³-hybridized carbons (Fsp3) is 0.583. The molecule has 0 aromatic carbocycles. The van der Waals surface area contributed by atoms with Gasteiger partial charge in [-0.1, -0.05) is 26.2 Å². The SMILES string of the molecule is CCCCCCc1cc(C)cc(=O)n1O. The second-order valence-electron chi connectivity index (χ2n) is 3.98. The van der Waals surface area contributed by atoms with Crippen LogP contribution in [0.15, 0.2) is 16.9 Å². The van der Waals surface area contributed by atoms with Gasteiger partial charge >= 0.3 is 0 Å². The lowest BCUT2D eigenvalue weighted by atomic mass is 10.1. The zero-order valence-corrected chi connectivity index (χ0v) is 9.49. The number of aromatic nitrogens is 1. The lowest BCUT2D eigenvalue weighted by Gasteiger charge is -2.06. The van der Waals surface area contributed by atoms with Crippen molar-refractivity contribution in [3.05, 3.63) is 33.7 Å². The normalized spacial score (nSPS) is 10.5. The third kappa shape index (κ3) is 3.42. The third-order valence-electron chi connectivity index (χ3n) is 2.51. The summed E-state index contributed by atoms with van der Waals surface area (Å²) < 4.78 is 0.763. The van der Waals surface area contributed by atoms with E-state index >= 15 is 0 Å². The Morgan fingerprint density at radius 2 is 2.00 bits per heavy atom. The molecular weight excluding hydrogens is 190 g/mol. The molecule has 0 unspecified atom stereocenters. The molecular formula is C12H19NO2. The standard InChI is InChI=1S/C12H19NO2/c1-3-4-5-6-7-11-8-10(2)9-12(14)13(11)15/h8-9,15H,3-7H2,1-2H3. The van der Waals surface area contributed by atoms with Gasteiger partial charge in [0.05, 0.1) is 5.69 Å². The molecule has 3 nitrogen and oxygen atoms in total. The van der Waals surface area contributed by atoms with Gasteiger partial charge in [-0.3, -0.25) is 4.79 Å². The van der Waals surface area contributed by atoms with Gasteiger partial charge in [0.1, 0.15) is 0 Å². The molecule has 1 aromatic rings. The van der Waals surface area contributed by atoms with Gasteiger partial charge in [-0.25, -0.2) is 0 Å². The molecule has 0 radical (unpaired) electrons. The zero-order valence-electron chi connectivity index (χ0n) is 9.49. The maximum Gasteiger partial charge on any atom is 0.283 e. The van der Waals surface area contributed by atoms with Gasteiger partial charge in [0.2, 0.25) is 0 Å². The number of aryl methyl sites for hydroxylation is 2. The Labute approximate surface area is 90.3 Å². The monoisotopic (exact) mass is 209 g/mol. The van der Waals surface area contributed by atoms with Crippen molar-refractivity contribution in [1.29, 1.82) is 0 Å². The number of nitrogens with zero attached hydrogens (tertiary/aromatic N) is 1. The summed E-state index contributed by atoms with van der Waals surface area (Å²) in [4.78, 5) is 11.3. The number of hydrogen-bond donors (Lipinski definition) is 1. The quantitative estimate of drug-likeness (QED) is 0.598. The van der Waals surface area contributed by atoms with Crippen LogP contribution in [0.25, 0.3) is 0 Å². The van der Waals surface area contributed by atoms with Gasteiger partial charge in [0, 0.05) is 6.07 Å². The largest absolute Gasteiger partial charge is 0.425 e. The van der Waals surface area contributed by atoms with Crippen LogP contribution in [0.4, 0.5) is 0 Å². The van der Waals surface area contributed by atoms with Crippen LogP contribution >= 0.6 is 0 Å². The Kier molecular flexibility index (Phi) is 4.40. The molecule has 1 heterocycles. The molecule has 0 saturated carbocycles. The number of rotatable bonds is 5. The van der Waals surface area contributed by atoms with Crippen LogP contribution in [0, 0.1) is 6.92 Å². The van der Waals surface area contributed by atoms with E-state index in [1.165, 1.54) is 18.9 Å². The Balaban J connectivity index is 2.64. The molecule has 0 amide bonds. The van der Waals surface area contributed by atoms with Crippen molar-refractivity contribution >= 4 is 0 Å². The lowest BCUT2D eigenvalue weighted by Crippen LogP contribution is -2.20. The van der Waals surface area contributed by atoms with Gasteiger partial charge < -0.3 is 5.21 Å². The predicted molar refractivity (Wildman–Crippen MR) is 60.5 cm³/mol. The lowest BCUT2D eigenvalue weighted by molar-refractivity contribution is 0.164. The maximum absolute atomic E-state index is 11.3. The number of hydrogen-bond acceptors (Lipinski definition) is 2. The number of pyridine rings is 1. The van der Waals surface area contributed by atoms with E-state index in [2.05, 4.69) is 6.92 Å². The molecule has 15 heavy (non-hydrogen) atoms. The smallest absolute Gasteiger partial charge is 0.283 e. The van der Waals surface area contributed by atoms with Crippen LogP contribution < -0.4 is 5.56 Å². The number of unbranched alkanes of at least 4 members (excludes halogenated alkanes) is 3. The average Bonchev–Trinajstić information content (AvgIpc) is 2.19. The molecule has 84 valence electrons. The van der Waals surface area contributed by atoms with Crippen molar-refractivity contribution in [3.8, 4) is 0 Å². The molecule has 0 atom stereocenters. The summed E-state index contributed by atoms with van der Waals surface area (Å²) in [5.74, 6) is 0. The van der Waals surface area contributed by atoms with E-state index in [-0.39, 0.29) is 5.56 Å². The van der Waals surface area contributed by atoms with Gasteiger partial charge in [0.25, 0.3) is 5.56 Å². The van der Waals surface area contributed by atoms with Crippen LogP contribution in [-0.4, -0.2) is 9.94 Å². The van der Waals surface area contributed by atoms with E-state index in [1.807, 2.05) is 13.0 Å². The molecule has 3 heteroatoms. The highest BCUT2D eigenvalue weighted by atomic mass is 16.5. The van der Waals surface area contributed by atoms with E-state index in [4.69, 9.17) is 0 Å². The van der Waals surface area contributed by atoms with Crippen molar-refractivity contribution in [2.24, 2.45) is 0 Å². The average molecular weight is 209 g/mol. The maximum atomic E-state index is 11.3. The van der Waals surface area contributed by atoms with Gasteiger partial charge in [0.15, 0.2) is 0 Å². The topological polar surface area (TPSA) is 42.2 Å². The van der Waals surface area contributed by atoms with Crippen LogP contribution in [0.1, 0.15) is 43.9 Å². The van der Waals surface area contributed by atoms with Gasteiger partial charge in [-0.15, -0.1) is 0 Å². The Bertz CT molecular complexity index is 368. The van der Waals surface area contributed by atoms with E-state index < -0.39 is 0 Å². The molecule has 1 aromatic heterocycles. The Morgan fingerprint density at radius 3 is 2.67 bits per heavy atom.